The average molecular weight is 192 g/mol. The number of hydrogen-bond donors (Lipinski definition) is 1. The molecular formula is C6H9O5P. The van der Waals surface area contributed by atoms with Crippen molar-refractivity contribution in [3.8, 4) is 0 Å². The van der Waals surface area contributed by atoms with E-state index in [1.807, 2.05) is 0 Å². The molecule has 0 saturated heterocycles. The van der Waals surface area contributed by atoms with Crippen molar-refractivity contribution in [2.45, 2.75) is 6.61 Å². The molecular weight excluding hydrogens is 183 g/mol. The van der Waals surface area contributed by atoms with Gasteiger partial charge in [0, 0.05) is 7.11 Å². The fourth-order valence-corrected chi connectivity index (χ4v) is 0.988. The van der Waals surface area contributed by atoms with Crippen LogP contribution in [0.25, 0.3) is 0 Å². The van der Waals surface area contributed by atoms with Crippen molar-refractivity contribution in [3.05, 3.63) is 24.2 Å². The molecule has 6 heteroatoms. The zero-order valence-corrected chi connectivity index (χ0v) is 7.36. The van der Waals surface area contributed by atoms with E-state index < -0.39 is 7.82 Å². The first kappa shape index (κ1) is 9.48. The zero-order valence-electron chi connectivity index (χ0n) is 6.47. The van der Waals surface area contributed by atoms with Crippen LogP contribution < -0.4 is 0 Å². The van der Waals surface area contributed by atoms with E-state index in [2.05, 4.69) is 9.05 Å². The molecule has 1 atom stereocenters. The van der Waals surface area contributed by atoms with Gasteiger partial charge in [-0.3, -0.25) is 9.05 Å². The molecule has 0 fully saturated rings. The fourth-order valence-electron chi connectivity index (χ4n) is 0.593. The highest BCUT2D eigenvalue weighted by Gasteiger charge is 2.18. The maximum Gasteiger partial charge on any atom is 0.472 e. The maximum atomic E-state index is 10.7. The number of rotatable bonds is 4. The largest absolute Gasteiger partial charge is 0.472 e. The van der Waals surface area contributed by atoms with Crippen molar-refractivity contribution >= 4 is 7.82 Å². The summed E-state index contributed by atoms with van der Waals surface area (Å²) in [6, 6.07) is 3.30. The Morgan fingerprint density at radius 1 is 1.75 bits per heavy atom. The summed E-state index contributed by atoms with van der Waals surface area (Å²) >= 11 is 0. The lowest BCUT2D eigenvalue weighted by molar-refractivity contribution is 0.156. The molecule has 1 aromatic heterocycles. The maximum absolute atomic E-state index is 10.7. The van der Waals surface area contributed by atoms with Crippen LogP contribution in [-0.4, -0.2) is 12.0 Å². The molecule has 1 N–H and O–H groups in total. The summed E-state index contributed by atoms with van der Waals surface area (Å²) in [5.74, 6) is 0.473. The Kier molecular flexibility index (Phi) is 3.05. The number of hydrogen-bond acceptors (Lipinski definition) is 4. The summed E-state index contributed by atoms with van der Waals surface area (Å²) in [6.07, 6.45) is 1.45. The smallest absolute Gasteiger partial charge is 0.467 e. The van der Waals surface area contributed by atoms with Crippen molar-refractivity contribution in [2.75, 3.05) is 7.11 Å². The molecule has 1 aromatic rings. The van der Waals surface area contributed by atoms with E-state index in [9.17, 15) is 4.57 Å². The monoisotopic (exact) mass is 192 g/mol. The molecule has 12 heavy (non-hydrogen) atoms. The molecule has 0 aliphatic rings. The van der Waals surface area contributed by atoms with E-state index in [-0.39, 0.29) is 6.61 Å². The third-order valence-corrected chi connectivity index (χ3v) is 2.10. The molecule has 0 radical (unpaired) electrons. The van der Waals surface area contributed by atoms with Crippen molar-refractivity contribution in [1.29, 1.82) is 0 Å². The van der Waals surface area contributed by atoms with Crippen LogP contribution in [0.2, 0.25) is 0 Å². The molecule has 0 spiro atoms. The third kappa shape index (κ3) is 2.79. The van der Waals surface area contributed by atoms with E-state index in [4.69, 9.17) is 9.31 Å². The van der Waals surface area contributed by atoms with E-state index >= 15 is 0 Å². The van der Waals surface area contributed by atoms with Gasteiger partial charge in [0.1, 0.15) is 12.4 Å². The first-order valence-corrected chi connectivity index (χ1v) is 4.69. The number of furan rings is 1. The van der Waals surface area contributed by atoms with Gasteiger partial charge in [-0.05, 0) is 12.1 Å². The molecule has 0 saturated carbocycles. The van der Waals surface area contributed by atoms with Gasteiger partial charge in [0.2, 0.25) is 0 Å². The van der Waals surface area contributed by atoms with Crippen LogP contribution in [0.1, 0.15) is 5.76 Å². The lowest BCUT2D eigenvalue weighted by Gasteiger charge is -2.06. The molecule has 1 rings (SSSR count). The Morgan fingerprint density at radius 2 is 2.50 bits per heavy atom. The quantitative estimate of drug-likeness (QED) is 0.732. The van der Waals surface area contributed by atoms with Gasteiger partial charge in [-0.15, -0.1) is 0 Å². The second-order valence-corrected chi connectivity index (χ2v) is 3.56. The summed E-state index contributed by atoms with van der Waals surface area (Å²) in [7, 11) is -2.77. The summed E-state index contributed by atoms with van der Waals surface area (Å²) in [5, 5.41) is 0. The summed E-state index contributed by atoms with van der Waals surface area (Å²) in [5.41, 5.74) is 0. The number of phosphoric ester groups is 1. The Hall–Kier alpha value is -0.610. The molecule has 68 valence electrons. The van der Waals surface area contributed by atoms with Crippen LogP contribution in [-0.2, 0) is 20.2 Å². The van der Waals surface area contributed by atoms with E-state index in [1.54, 1.807) is 12.1 Å². The van der Waals surface area contributed by atoms with E-state index in [0.29, 0.717) is 5.76 Å². The summed E-state index contributed by atoms with van der Waals surface area (Å²) in [4.78, 5) is 8.79. The summed E-state index contributed by atoms with van der Waals surface area (Å²) < 4.78 is 24.3. The standard InChI is InChI=1S/C6H9O5P/c1-9-12(7,8)11-5-6-3-2-4-10-6/h2-4H,5H2,1H3,(H,7,8). The zero-order chi connectivity index (χ0) is 9.03. The topological polar surface area (TPSA) is 68.9 Å². The molecule has 0 aromatic carbocycles. The lowest BCUT2D eigenvalue weighted by Crippen LogP contribution is -1.91. The predicted octanol–water partition coefficient (Wildman–Crippen LogP) is 1.54. The minimum absolute atomic E-state index is 0.0748. The Balaban J connectivity index is 2.41. The van der Waals surface area contributed by atoms with Gasteiger partial charge in [0.15, 0.2) is 0 Å². The SMILES string of the molecule is COP(=O)(O)OCc1ccco1. The molecule has 0 aliphatic carbocycles. The molecule has 1 unspecified atom stereocenters. The minimum Gasteiger partial charge on any atom is -0.467 e. The van der Waals surface area contributed by atoms with Gasteiger partial charge in [-0.1, -0.05) is 0 Å². The van der Waals surface area contributed by atoms with E-state index in [1.165, 1.54) is 6.26 Å². The second kappa shape index (κ2) is 3.87. The highest BCUT2D eigenvalue weighted by molar-refractivity contribution is 7.47. The highest BCUT2D eigenvalue weighted by atomic mass is 31.2. The van der Waals surface area contributed by atoms with Crippen LogP contribution in [0.4, 0.5) is 0 Å². The molecule has 0 bridgehead atoms. The third-order valence-electron chi connectivity index (χ3n) is 1.18. The van der Waals surface area contributed by atoms with Crippen LogP contribution in [0.5, 0.6) is 0 Å². The van der Waals surface area contributed by atoms with E-state index in [0.717, 1.165) is 7.11 Å². The highest BCUT2D eigenvalue weighted by Crippen LogP contribution is 2.42. The van der Waals surface area contributed by atoms with Crippen molar-refractivity contribution in [3.63, 3.8) is 0 Å². The van der Waals surface area contributed by atoms with Crippen LogP contribution >= 0.6 is 7.82 Å². The van der Waals surface area contributed by atoms with Crippen molar-refractivity contribution < 1.29 is 22.9 Å². The second-order valence-electron chi connectivity index (χ2n) is 2.00. The van der Waals surface area contributed by atoms with Crippen LogP contribution in [0.15, 0.2) is 22.8 Å². The Morgan fingerprint density at radius 3 is 3.00 bits per heavy atom. The van der Waals surface area contributed by atoms with Gasteiger partial charge >= 0.3 is 7.82 Å². The van der Waals surface area contributed by atoms with Gasteiger partial charge in [-0.2, -0.15) is 0 Å². The fraction of sp³-hybridized carbons (Fsp3) is 0.333. The van der Waals surface area contributed by atoms with Crippen molar-refractivity contribution in [2.24, 2.45) is 0 Å². The first-order chi connectivity index (χ1) is 5.64. The Labute approximate surface area is 69.5 Å². The minimum atomic E-state index is -3.87. The van der Waals surface area contributed by atoms with Gasteiger partial charge in [0.05, 0.1) is 6.26 Å². The lowest BCUT2D eigenvalue weighted by atomic mass is 10.5. The van der Waals surface area contributed by atoms with Gasteiger partial charge in [-0.25, -0.2) is 4.57 Å². The summed E-state index contributed by atoms with van der Waals surface area (Å²) in [6.45, 7) is -0.0748. The van der Waals surface area contributed by atoms with Crippen molar-refractivity contribution in [1.82, 2.24) is 0 Å². The Bertz CT molecular complexity index is 267. The average Bonchev–Trinajstić information content (AvgIpc) is 2.53. The molecule has 0 amide bonds. The number of phosphoric acid groups is 1. The molecule has 0 aliphatic heterocycles. The normalized spacial score (nSPS) is 15.8. The van der Waals surface area contributed by atoms with Crippen LogP contribution in [0.3, 0.4) is 0 Å². The first-order valence-electron chi connectivity index (χ1n) is 3.19. The van der Waals surface area contributed by atoms with Gasteiger partial charge < -0.3 is 9.31 Å². The van der Waals surface area contributed by atoms with Crippen LogP contribution in [0, 0.1) is 0 Å². The molecule has 5 nitrogen and oxygen atoms in total. The van der Waals surface area contributed by atoms with Gasteiger partial charge in [0.25, 0.3) is 0 Å². The molecule has 1 heterocycles. The predicted molar refractivity (Wildman–Crippen MR) is 40.3 cm³/mol.